The molecule has 0 saturated heterocycles. The van der Waals surface area contributed by atoms with Gasteiger partial charge >= 0.3 is 65.4 Å². The Hall–Kier alpha value is -2.24. The van der Waals surface area contributed by atoms with Crippen molar-refractivity contribution >= 4 is 23.5 Å². The van der Waals surface area contributed by atoms with Gasteiger partial charge in [0.15, 0.2) is 0 Å². The molecule has 0 bridgehead atoms. The molecule has 62 heavy (non-hydrogen) atoms. The molecule has 0 aliphatic rings. The molecule has 0 atom stereocenters. The highest BCUT2D eigenvalue weighted by atomic mass is 32.2. The number of aliphatic hydroxyl groups is 2. The van der Waals surface area contributed by atoms with Crippen LogP contribution in [0.4, 0.5) is 74.6 Å². The second kappa shape index (κ2) is 24.3. The highest BCUT2D eigenvalue weighted by Crippen LogP contribution is 2.55. The van der Waals surface area contributed by atoms with Crippen LogP contribution >= 0.6 is 23.5 Å². The van der Waals surface area contributed by atoms with Crippen molar-refractivity contribution in [3.05, 3.63) is 31.5 Å². The van der Waals surface area contributed by atoms with Crippen LogP contribution in [0.25, 0.3) is 0 Å². The van der Waals surface area contributed by atoms with Crippen molar-refractivity contribution < 1.29 is 94.3 Å². The molecule has 0 aliphatic heterocycles. The van der Waals surface area contributed by atoms with E-state index in [1.165, 1.54) is 28.3 Å². The van der Waals surface area contributed by atoms with Gasteiger partial charge in [-0.2, -0.15) is 98.2 Å². The highest BCUT2D eigenvalue weighted by molar-refractivity contribution is 7.99. The number of nitrogens with zero attached hydrogens (tertiary/aromatic N) is 3. The standard InChI is InChI=1S/C33H46F17N3O7S2/c34-26(35,30(43,44)59-32(47,48)28(38,39)33(49,50)60-31(45,46)27(36,37)29(40,41)42)22-53-24(57)51(14-12-20-61-18-10-6-3-1-2-4-8-16-54)23(56)52(25(53)58)15-13-21-62-19-11-7-5-9-17-55/h54-55H,1-22H2. The first-order chi connectivity index (χ1) is 28.4. The lowest BCUT2D eigenvalue weighted by atomic mass is 10.1. The molecule has 0 fully saturated rings. The number of hydrogen-bond donors (Lipinski definition) is 2. The van der Waals surface area contributed by atoms with E-state index in [0.717, 1.165) is 44.9 Å². The van der Waals surface area contributed by atoms with E-state index in [-0.39, 0.29) is 46.7 Å². The lowest BCUT2D eigenvalue weighted by molar-refractivity contribution is -0.542. The maximum Gasteiger partial charge on any atom is 0.462 e. The van der Waals surface area contributed by atoms with Crippen LogP contribution in [0.15, 0.2) is 14.4 Å². The highest BCUT2D eigenvalue weighted by Gasteiger charge is 2.83. The lowest BCUT2D eigenvalue weighted by Gasteiger charge is -2.37. The van der Waals surface area contributed by atoms with Crippen molar-refractivity contribution in [2.75, 3.05) is 36.2 Å². The van der Waals surface area contributed by atoms with Crippen LogP contribution in [0.2, 0.25) is 0 Å². The molecule has 10 nitrogen and oxygen atoms in total. The number of alkyl halides is 17. The molecular formula is C33H46F17N3O7S2. The summed E-state index contributed by atoms with van der Waals surface area (Å²) in [6.45, 7) is -4.37. The summed E-state index contributed by atoms with van der Waals surface area (Å²) < 4.78 is 235. The minimum absolute atomic E-state index is 0.0198. The van der Waals surface area contributed by atoms with E-state index in [9.17, 15) is 80.2 Å². The van der Waals surface area contributed by atoms with Crippen molar-refractivity contribution in [3.8, 4) is 0 Å². The number of thioether (sulfide) groups is 2. The van der Waals surface area contributed by atoms with Crippen LogP contribution in [0.5, 0.6) is 0 Å². The maximum absolute atomic E-state index is 15.0. The molecule has 0 amide bonds. The molecule has 29 heteroatoms. The molecular weight excluding hydrogens is 937 g/mol. The van der Waals surface area contributed by atoms with Crippen LogP contribution in [0.1, 0.15) is 83.5 Å². The zero-order chi connectivity index (χ0) is 47.8. The molecule has 0 unspecified atom stereocenters. The second-order valence-corrected chi connectivity index (χ2v) is 16.1. The third-order valence-corrected chi connectivity index (χ3v) is 10.9. The Morgan fingerprint density at radius 2 is 0.710 bits per heavy atom. The molecule has 1 aromatic rings. The number of unbranched alkanes of at least 4 members (excludes halogenated alkanes) is 9. The third-order valence-electron chi connectivity index (χ3n) is 8.62. The van der Waals surface area contributed by atoms with E-state index < -0.39 is 89.6 Å². The molecule has 0 spiro atoms. The van der Waals surface area contributed by atoms with Gasteiger partial charge in [-0.05, 0) is 61.5 Å². The fourth-order valence-corrected chi connectivity index (χ4v) is 7.03. The predicted octanol–water partition coefficient (Wildman–Crippen LogP) is 8.57. The maximum atomic E-state index is 15.0. The Bertz CT molecular complexity index is 1680. The van der Waals surface area contributed by atoms with E-state index in [1.54, 1.807) is 0 Å². The Kier molecular flexibility index (Phi) is 22.7. The monoisotopic (exact) mass is 983 g/mol. The van der Waals surface area contributed by atoms with Crippen molar-refractivity contribution in [2.45, 2.75) is 151 Å². The minimum atomic E-state index is -8.17. The quantitative estimate of drug-likeness (QED) is 0.0527. The Balaban J connectivity index is 3.37. The molecule has 1 heterocycles. The Labute approximate surface area is 350 Å². The van der Waals surface area contributed by atoms with Gasteiger partial charge < -0.3 is 10.2 Å². The van der Waals surface area contributed by atoms with Crippen molar-refractivity contribution in [1.82, 2.24) is 13.7 Å². The van der Waals surface area contributed by atoms with Gasteiger partial charge in [-0.3, -0.25) is 0 Å². The Morgan fingerprint density at radius 3 is 1.08 bits per heavy atom. The fourth-order valence-electron chi connectivity index (χ4n) is 5.14. The number of hydrogen-bond acceptors (Lipinski definition) is 9. The Morgan fingerprint density at radius 1 is 0.403 bits per heavy atom. The smallest absolute Gasteiger partial charge is 0.396 e. The number of aromatic nitrogens is 3. The van der Waals surface area contributed by atoms with Crippen molar-refractivity contribution in [1.29, 1.82) is 0 Å². The average molecular weight is 984 g/mol. The lowest BCUT2D eigenvalue weighted by Crippen LogP contribution is -2.65. The SMILES string of the molecule is O=c1n(CCCSCCCCCCO)c(=O)n(CC(F)(F)C(F)(F)OC(F)(F)C(F)(F)C(F)(F)OC(F)(F)C(F)(F)C(F)(F)F)c(=O)n1CCCSCCCCCCCCCO. The van der Waals surface area contributed by atoms with Gasteiger partial charge in [0.25, 0.3) is 0 Å². The topological polar surface area (TPSA) is 125 Å². The van der Waals surface area contributed by atoms with Crippen LogP contribution in [0, 0.1) is 0 Å². The van der Waals surface area contributed by atoms with Crippen LogP contribution in [0.3, 0.4) is 0 Å². The molecule has 0 aromatic carbocycles. The molecule has 0 aliphatic carbocycles. The summed E-state index contributed by atoms with van der Waals surface area (Å²) in [4.78, 5) is 39.5. The van der Waals surface area contributed by atoms with E-state index >= 15 is 8.78 Å². The van der Waals surface area contributed by atoms with Gasteiger partial charge in [-0.1, -0.05) is 44.9 Å². The largest absolute Gasteiger partial charge is 0.462 e. The summed E-state index contributed by atoms with van der Waals surface area (Å²) in [7, 11) is 0. The first kappa shape index (κ1) is 57.8. The van der Waals surface area contributed by atoms with Crippen LogP contribution < -0.4 is 17.1 Å². The summed E-state index contributed by atoms with van der Waals surface area (Å²) in [5, 5.41) is 17.6. The van der Waals surface area contributed by atoms with Crippen LogP contribution in [-0.2, 0) is 29.1 Å². The predicted molar refractivity (Wildman–Crippen MR) is 191 cm³/mol. The molecule has 0 saturated carbocycles. The zero-order valence-corrected chi connectivity index (χ0v) is 34.2. The normalized spacial score (nSPS) is 14.0. The van der Waals surface area contributed by atoms with Gasteiger partial charge in [0, 0.05) is 26.3 Å². The van der Waals surface area contributed by atoms with E-state index in [1.807, 2.05) is 4.74 Å². The first-order valence-electron chi connectivity index (χ1n) is 18.8. The zero-order valence-electron chi connectivity index (χ0n) is 32.6. The first-order valence-corrected chi connectivity index (χ1v) is 21.1. The van der Waals surface area contributed by atoms with Gasteiger partial charge in [0.2, 0.25) is 0 Å². The summed E-state index contributed by atoms with van der Waals surface area (Å²) in [5.41, 5.74) is -5.58. The van der Waals surface area contributed by atoms with Gasteiger partial charge in [0.05, 0.1) is 0 Å². The van der Waals surface area contributed by atoms with E-state index in [2.05, 4.69) is 0 Å². The van der Waals surface area contributed by atoms with Crippen molar-refractivity contribution in [2.24, 2.45) is 0 Å². The van der Waals surface area contributed by atoms with Gasteiger partial charge in [-0.25, -0.2) is 37.6 Å². The number of aliphatic hydroxyl groups excluding tert-OH is 2. The van der Waals surface area contributed by atoms with Gasteiger partial charge in [0.1, 0.15) is 6.54 Å². The average Bonchev–Trinajstić information content (AvgIpc) is 3.14. The number of ether oxygens (including phenoxy) is 2. The van der Waals surface area contributed by atoms with E-state index in [0.29, 0.717) is 37.2 Å². The van der Waals surface area contributed by atoms with Crippen molar-refractivity contribution in [3.63, 3.8) is 0 Å². The second-order valence-electron chi connectivity index (χ2n) is 13.6. The summed E-state index contributed by atoms with van der Waals surface area (Å²) in [5.74, 6) is -21.0. The molecule has 2 N–H and O–H groups in total. The summed E-state index contributed by atoms with van der Waals surface area (Å²) >= 11 is 2.61. The van der Waals surface area contributed by atoms with E-state index in [4.69, 9.17) is 10.2 Å². The molecule has 1 rings (SSSR count). The van der Waals surface area contributed by atoms with Gasteiger partial charge in [-0.15, -0.1) is 0 Å². The fraction of sp³-hybridized carbons (Fsp3) is 0.909. The summed E-state index contributed by atoms with van der Waals surface area (Å²) in [6.07, 6.45) is -30.2. The number of halogens is 17. The molecule has 0 radical (unpaired) electrons. The molecule has 366 valence electrons. The third kappa shape index (κ3) is 15.7. The molecule has 1 aromatic heterocycles. The minimum Gasteiger partial charge on any atom is -0.396 e. The van der Waals surface area contributed by atoms with Crippen LogP contribution in [-0.4, -0.2) is 109 Å². The number of rotatable bonds is 33. The summed E-state index contributed by atoms with van der Waals surface area (Å²) in [6, 6.07) is 0.